The van der Waals surface area contributed by atoms with Gasteiger partial charge in [-0.25, -0.2) is 15.0 Å². The summed E-state index contributed by atoms with van der Waals surface area (Å²) < 4.78 is 5.07. The largest absolute Gasteiger partial charge is 0.384 e. The fourth-order valence-corrected chi connectivity index (χ4v) is 3.76. The van der Waals surface area contributed by atoms with Crippen molar-refractivity contribution in [1.82, 2.24) is 29.8 Å². The van der Waals surface area contributed by atoms with Crippen LogP contribution >= 0.6 is 0 Å². The lowest BCUT2D eigenvalue weighted by Gasteiger charge is -2.31. The van der Waals surface area contributed by atoms with Gasteiger partial charge in [0.1, 0.15) is 11.6 Å². The van der Waals surface area contributed by atoms with Gasteiger partial charge >= 0.3 is 0 Å². The Kier molecular flexibility index (Phi) is 6.56. The minimum absolute atomic E-state index is 0.119. The number of ether oxygens (including phenoxy) is 1. The average Bonchev–Trinajstić information content (AvgIpc) is 2.79. The van der Waals surface area contributed by atoms with Gasteiger partial charge in [-0.05, 0) is 38.1 Å². The molecule has 0 spiro atoms. The molecule has 0 saturated carbocycles. The standard InChI is InChI=1S/C22H26N6O2/c1-30-10-6-20-24-12-16(13-25-20)15-28-8-4-17(5-9-28)19-11-21(29)27-22(26-19)18-3-2-7-23-14-18/h2-3,7,11-14,17H,4-6,8-10,15H2,1H3,(H,26,27,29). The molecule has 0 amide bonds. The number of hydrogen-bond acceptors (Lipinski definition) is 7. The van der Waals surface area contributed by atoms with Gasteiger partial charge in [0.05, 0.1) is 12.3 Å². The summed E-state index contributed by atoms with van der Waals surface area (Å²) in [6.45, 7) is 3.37. The molecule has 0 radical (unpaired) electrons. The van der Waals surface area contributed by atoms with Crippen LogP contribution in [0, 0.1) is 0 Å². The Morgan fingerprint density at radius 3 is 2.70 bits per heavy atom. The highest BCUT2D eigenvalue weighted by molar-refractivity contribution is 5.52. The van der Waals surface area contributed by atoms with Crippen molar-refractivity contribution in [3.05, 3.63) is 70.4 Å². The van der Waals surface area contributed by atoms with E-state index in [2.05, 4.69) is 24.8 Å². The second kappa shape index (κ2) is 9.69. The second-order valence-electron chi connectivity index (χ2n) is 7.56. The van der Waals surface area contributed by atoms with Crippen LogP contribution in [0.25, 0.3) is 11.4 Å². The van der Waals surface area contributed by atoms with E-state index in [9.17, 15) is 4.79 Å². The van der Waals surface area contributed by atoms with E-state index >= 15 is 0 Å². The summed E-state index contributed by atoms with van der Waals surface area (Å²) >= 11 is 0. The summed E-state index contributed by atoms with van der Waals surface area (Å²) in [4.78, 5) is 35.1. The Hall–Kier alpha value is -2.97. The first kappa shape index (κ1) is 20.3. The van der Waals surface area contributed by atoms with E-state index in [0.29, 0.717) is 12.4 Å². The normalized spacial score (nSPS) is 15.4. The number of pyridine rings is 1. The zero-order valence-electron chi connectivity index (χ0n) is 17.1. The first-order valence-electron chi connectivity index (χ1n) is 10.2. The van der Waals surface area contributed by atoms with Crippen molar-refractivity contribution >= 4 is 0 Å². The van der Waals surface area contributed by atoms with Gasteiger partial charge in [-0.1, -0.05) is 0 Å². The van der Waals surface area contributed by atoms with Crippen molar-refractivity contribution in [3.63, 3.8) is 0 Å². The summed E-state index contributed by atoms with van der Waals surface area (Å²) in [7, 11) is 1.68. The Bertz CT molecular complexity index is 998. The van der Waals surface area contributed by atoms with Gasteiger partial charge in [0.2, 0.25) is 0 Å². The molecule has 0 aromatic carbocycles. The van der Waals surface area contributed by atoms with Gasteiger partial charge in [-0.3, -0.25) is 14.7 Å². The summed E-state index contributed by atoms with van der Waals surface area (Å²) in [6, 6.07) is 5.38. The van der Waals surface area contributed by atoms with Crippen molar-refractivity contribution in [2.45, 2.75) is 31.7 Å². The molecule has 0 unspecified atom stereocenters. The molecule has 3 aromatic heterocycles. The molecule has 0 atom stereocenters. The van der Waals surface area contributed by atoms with Crippen LogP contribution in [0.2, 0.25) is 0 Å². The molecule has 8 heteroatoms. The Morgan fingerprint density at radius 2 is 2.00 bits per heavy atom. The predicted octanol–water partition coefficient (Wildman–Crippen LogP) is 2.19. The first-order chi connectivity index (χ1) is 14.7. The van der Waals surface area contributed by atoms with Crippen molar-refractivity contribution in [2.75, 3.05) is 26.8 Å². The highest BCUT2D eigenvalue weighted by atomic mass is 16.5. The summed E-state index contributed by atoms with van der Waals surface area (Å²) in [5, 5.41) is 0. The van der Waals surface area contributed by atoms with Crippen LogP contribution < -0.4 is 5.56 Å². The number of hydrogen-bond donors (Lipinski definition) is 1. The van der Waals surface area contributed by atoms with E-state index in [1.807, 2.05) is 24.5 Å². The van der Waals surface area contributed by atoms with E-state index < -0.39 is 0 Å². The minimum atomic E-state index is -0.119. The third kappa shape index (κ3) is 5.14. The zero-order valence-corrected chi connectivity index (χ0v) is 17.1. The number of methoxy groups -OCH3 is 1. The average molecular weight is 406 g/mol. The zero-order chi connectivity index (χ0) is 20.8. The molecule has 1 aliphatic heterocycles. The predicted molar refractivity (Wildman–Crippen MR) is 113 cm³/mol. The van der Waals surface area contributed by atoms with Crippen LogP contribution in [0.5, 0.6) is 0 Å². The molecule has 1 N–H and O–H groups in total. The van der Waals surface area contributed by atoms with Crippen molar-refractivity contribution < 1.29 is 4.74 Å². The fourth-order valence-electron chi connectivity index (χ4n) is 3.76. The topological polar surface area (TPSA) is 96.9 Å². The number of nitrogens with zero attached hydrogens (tertiary/aromatic N) is 5. The maximum atomic E-state index is 12.2. The summed E-state index contributed by atoms with van der Waals surface area (Å²) in [6.07, 6.45) is 9.90. The molecule has 4 heterocycles. The van der Waals surface area contributed by atoms with Gasteiger partial charge in [0.15, 0.2) is 0 Å². The highest BCUT2D eigenvalue weighted by Gasteiger charge is 2.23. The third-order valence-corrected chi connectivity index (χ3v) is 5.40. The number of nitrogens with one attached hydrogen (secondary N) is 1. The number of aromatic amines is 1. The summed E-state index contributed by atoms with van der Waals surface area (Å²) in [5.74, 6) is 1.68. The molecule has 4 rings (SSSR count). The van der Waals surface area contributed by atoms with Gasteiger partial charge in [-0.2, -0.15) is 0 Å². The molecule has 8 nitrogen and oxygen atoms in total. The Balaban J connectivity index is 1.37. The smallest absolute Gasteiger partial charge is 0.251 e. The minimum Gasteiger partial charge on any atom is -0.384 e. The lowest BCUT2D eigenvalue weighted by molar-refractivity contribution is 0.199. The molecular formula is C22H26N6O2. The Morgan fingerprint density at radius 1 is 1.20 bits per heavy atom. The number of H-pyrrole nitrogens is 1. The number of likely N-dealkylation sites (tertiary alicyclic amines) is 1. The van der Waals surface area contributed by atoms with E-state index in [-0.39, 0.29) is 11.5 Å². The number of aromatic nitrogens is 5. The molecule has 1 fully saturated rings. The molecule has 3 aromatic rings. The van der Waals surface area contributed by atoms with Gasteiger partial charge in [-0.15, -0.1) is 0 Å². The molecular weight excluding hydrogens is 380 g/mol. The van der Waals surface area contributed by atoms with E-state index in [0.717, 1.165) is 61.5 Å². The molecule has 0 aliphatic carbocycles. The molecule has 156 valence electrons. The van der Waals surface area contributed by atoms with Gasteiger partial charge in [0, 0.05) is 68.0 Å². The second-order valence-corrected chi connectivity index (χ2v) is 7.56. The molecule has 30 heavy (non-hydrogen) atoms. The van der Waals surface area contributed by atoms with Crippen LogP contribution in [0.1, 0.15) is 35.8 Å². The van der Waals surface area contributed by atoms with Crippen LogP contribution in [0.3, 0.4) is 0 Å². The molecule has 1 aliphatic rings. The van der Waals surface area contributed by atoms with Crippen molar-refractivity contribution in [1.29, 1.82) is 0 Å². The molecule has 0 bridgehead atoms. The lowest BCUT2D eigenvalue weighted by atomic mass is 9.93. The van der Waals surface area contributed by atoms with E-state index in [4.69, 9.17) is 9.72 Å². The molecule has 1 saturated heterocycles. The Labute approximate surface area is 175 Å². The van der Waals surface area contributed by atoms with Crippen LogP contribution in [0.4, 0.5) is 0 Å². The van der Waals surface area contributed by atoms with Crippen molar-refractivity contribution in [2.24, 2.45) is 0 Å². The summed E-state index contributed by atoms with van der Waals surface area (Å²) in [5.41, 5.74) is 2.68. The fraction of sp³-hybridized carbons (Fsp3) is 0.409. The van der Waals surface area contributed by atoms with E-state index in [1.54, 1.807) is 25.6 Å². The van der Waals surface area contributed by atoms with Crippen LogP contribution in [0.15, 0.2) is 47.8 Å². The number of piperidine rings is 1. The van der Waals surface area contributed by atoms with Gasteiger partial charge < -0.3 is 9.72 Å². The van der Waals surface area contributed by atoms with Crippen LogP contribution in [-0.2, 0) is 17.7 Å². The van der Waals surface area contributed by atoms with Gasteiger partial charge in [0.25, 0.3) is 5.56 Å². The maximum absolute atomic E-state index is 12.2. The lowest BCUT2D eigenvalue weighted by Crippen LogP contribution is -2.33. The quantitative estimate of drug-likeness (QED) is 0.642. The SMILES string of the molecule is COCCc1ncc(CN2CCC(c3cc(=O)[nH]c(-c4cccnc4)n3)CC2)cn1. The first-order valence-corrected chi connectivity index (χ1v) is 10.2. The monoisotopic (exact) mass is 406 g/mol. The highest BCUT2D eigenvalue weighted by Crippen LogP contribution is 2.27. The van der Waals surface area contributed by atoms with E-state index in [1.165, 1.54) is 0 Å². The van der Waals surface area contributed by atoms with Crippen LogP contribution in [-0.4, -0.2) is 56.6 Å². The van der Waals surface area contributed by atoms with Crippen molar-refractivity contribution in [3.8, 4) is 11.4 Å². The number of rotatable bonds is 7. The third-order valence-electron chi connectivity index (χ3n) is 5.40. The maximum Gasteiger partial charge on any atom is 0.251 e.